The van der Waals surface area contributed by atoms with Crippen molar-refractivity contribution in [1.82, 2.24) is 20.0 Å². The second-order valence-corrected chi connectivity index (χ2v) is 8.38. The van der Waals surface area contributed by atoms with Gasteiger partial charge in [-0.05, 0) is 70.8 Å². The number of nitrogens with one attached hydrogen (secondary N) is 1. The lowest BCUT2D eigenvalue weighted by atomic mass is 9.99. The smallest absolute Gasteiger partial charge is 0.193 e. The molecule has 1 atom stereocenters. The highest BCUT2D eigenvalue weighted by Crippen LogP contribution is 2.21. The quantitative estimate of drug-likeness (QED) is 0.263. The molecule has 3 rings (SSSR count). The van der Waals surface area contributed by atoms with Gasteiger partial charge >= 0.3 is 0 Å². The Bertz CT molecular complexity index is 594. The number of guanidine groups is 1. The van der Waals surface area contributed by atoms with Crippen molar-refractivity contribution in [3.05, 3.63) is 35.9 Å². The van der Waals surface area contributed by atoms with E-state index in [1.165, 1.54) is 57.5 Å². The van der Waals surface area contributed by atoms with E-state index < -0.39 is 0 Å². The standard InChI is InChI=1S/C23H39N5.HI/c1-3-24-23(25-12-7-14-27-15-8-13-26(2)17-18-27)28-16-11-22(20-28)19-21-9-5-4-6-10-21;/h4-6,9-10,22H,3,7-8,11-20H2,1-2H3,(H,24,25);1H. The monoisotopic (exact) mass is 513 g/mol. The molecule has 1 N–H and O–H groups in total. The van der Waals surface area contributed by atoms with Crippen LogP contribution in [0.3, 0.4) is 0 Å². The number of hydrogen-bond donors (Lipinski definition) is 1. The summed E-state index contributed by atoms with van der Waals surface area (Å²) in [7, 11) is 2.23. The third-order valence-corrected chi connectivity index (χ3v) is 5.99. The predicted octanol–water partition coefficient (Wildman–Crippen LogP) is 3.16. The van der Waals surface area contributed by atoms with Crippen molar-refractivity contribution < 1.29 is 0 Å². The minimum Gasteiger partial charge on any atom is -0.357 e. The van der Waals surface area contributed by atoms with Crippen LogP contribution in [0.15, 0.2) is 35.3 Å². The molecule has 0 aliphatic carbocycles. The lowest BCUT2D eigenvalue weighted by molar-refractivity contribution is 0.275. The van der Waals surface area contributed by atoms with Crippen LogP contribution in [-0.2, 0) is 6.42 Å². The van der Waals surface area contributed by atoms with Crippen LogP contribution in [-0.4, -0.2) is 86.6 Å². The van der Waals surface area contributed by atoms with Crippen LogP contribution in [0.2, 0.25) is 0 Å². The summed E-state index contributed by atoms with van der Waals surface area (Å²) in [6.45, 7) is 12.3. The molecule has 0 amide bonds. The topological polar surface area (TPSA) is 34.1 Å². The predicted molar refractivity (Wildman–Crippen MR) is 134 cm³/mol. The number of nitrogens with zero attached hydrogens (tertiary/aromatic N) is 4. The van der Waals surface area contributed by atoms with Crippen LogP contribution < -0.4 is 5.32 Å². The van der Waals surface area contributed by atoms with Crippen LogP contribution in [0.25, 0.3) is 0 Å². The van der Waals surface area contributed by atoms with E-state index in [1.807, 2.05) is 0 Å². The summed E-state index contributed by atoms with van der Waals surface area (Å²) in [6.07, 6.45) is 4.89. The summed E-state index contributed by atoms with van der Waals surface area (Å²) in [5.41, 5.74) is 1.46. The van der Waals surface area contributed by atoms with Crippen LogP contribution >= 0.6 is 24.0 Å². The normalized spacial score (nSPS) is 21.7. The maximum Gasteiger partial charge on any atom is 0.193 e. The summed E-state index contributed by atoms with van der Waals surface area (Å²) in [5.74, 6) is 1.86. The molecule has 2 aliphatic heterocycles. The highest BCUT2D eigenvalue weighted by atomic mass is 127. The molecule has 2 fully saturated rings. The Morgan fingerprint density at radius 1 is 1.10 bits per heavy atom. The molecule has 5 nitrogen and oxygen atoms in total. The average Bonchev–Trinajstić information content (AvgIpc) is 3.06. The Labute approximate surface area is 194 Å². The van der Waals surface area contributed by atoms with E-state index in [1.54, 1.807) is 0 Å². The molecule has 0 radical (unpaired) electrons. The Kier molecular flexibility index (Phi) is 11.3. The number of benzene rings is 1. The molecule has 2 saturated heterocycles. The zero-order chi connectivity index (χ0) is 19.6. The highest BCUT2D eigenvalue weighted by molar-refractivity contribution is 14.0. The molecule has 2 heterocycles. The summed E-state index contributed by atoms with van der Waals surface area (Å²) < 4.78 is 0. The van der Waals surface area contributed by atoms with Crippen molar-refractivity contribution in [3.63, 3.8) is 0 Å². The van der Waals surface area contributed by atoms with Crippen molar-refractivity contribution in [2.45, 2.75) is 32.6 Å². The van der Waals surface area contributed by atoms with Gasteiger partial charge in [0.25, 0.3) is 0 Å². The first kappa shape index (κ1) is 24.4. The molecular weight excluding hydrogens is 473 g/mol. The van der Waals surface area contributed by atoms with E-state index in [-0.39, 0.29) is 24.0 Å². The minimum atomic E-state index is 0. The third-order valence-electron chi connectivity index (χ3n) is 5.99. The number of rotatable bonds is 7. The average molecular weight is 514 g/mol. The first-order chi connectivity index (χ1) is 13.7. The van der Waals surface area contributed by atoms with Gasteiger partial charge in [-0.1, -0.05) is 30.3 Å². The third kappa shape index (κ3) is 8.42. The molecule has 0 spiro atoms. The fourth-order valence-corrected chi connectivity index (χ4v) is 4.37. The Morgan fingerprint density at radius 2 is 1.93 bits per heavy atom. The molecule has 29 heavy (non-hydrogen) atoms. The summed E-state index contributed by atoms with van der Waals surface area (Å²) in [6, 6.07) is 10.9. The van der Waals surface area contributed by atoms with E-state index in [0.29, 0.717) is 0 Å². The van der Waals surface area contributed by atoms with E-state index in [9.17, 15) is 0 Å². The molecule has 164 valence electrons. The molecule has 2 aliphatic rings. The lowest BCUT2D eigenvalue weighted by Gasteiger charge is -2.22. The van der Waals surface area contributed by atoms with E-state index in [2.05, 4.69) is 64.3 Å². The van der Waals surface area contributed by atoms with Gasteiger partial charge < -0.3 is 20.0 Å². The molecular formula is C23H40IN5. The van der Waals surface area contributed by atoms with Crippen LogP contribution in [0.5, 0.6) is 0 Å². The van der Waals surface area contributed by atoms with Gasteiger partial charge in [-0.25, -0.2) is 0 Å². The maximum absolute atomic E-state index is 4.95. The molecule has 0 bridgehead atoms. The Hall–Kier alpha value is -0.860. The van der Waals surface area contributed by atoms with Gasteiger partial charge in [0.2, 0.25) is 0 Å². The second kappa shape index (κ2) is 13.4. The van der Waals surface area contributed by atoms with Crippen molar-refractivity contribution in [2.75, 3.05) is 66.0 Å². The first-order valence-corrected chi connectivity index (χ1v) is 11.2. The van der Waals surface area contributed by atoms with Crippen molar-refractivity contribution in [3.8, 4) is 0 Å². The SMILES string of the molecule is CCNC(=NCCCN1CCCN(C)CC1)N1CCC(Cc2ccccc2)C1.I. The van der Waals surface area contributed by atoms with Gasteiger partial charge in [0.15, 0.2) is 5.96 Å². The van der Waals surface area contributed by atoms with Crippen molar-refractivity contribution >= 4 is 29.9 Å². The van der Waals surface area contributed by atoms with Crippen LogP contribution in [0.1, 0.15) is 31.7 Å². The maximum atomic E-state index is 4.95. The van der Waals surface area contributed by atoms with Crippen molar-refractivity contribution in [2.24, 2.45) is 10.9 Å². The number of hydrogen-bond acceptors (Lipinski definition) is 3. The molecule has 1 unspecified atom stereocenters. The Balaban J connectivity index is 0.00000300. The van der Waals surface area contributed by atoms with Gasteiger partial charge in [0, 0.05) is 39.3 Å². The molecule has 0 aromatic heterocycles. The van der Waals surface area contributed by atoms with Gasteiger partial charge in [-0.3, -0.25) is 4.99 Å². The fraction of sp³-hybridized carbons (Fsp3) is 0.696. The van der Waals surface area contributed by atoms with Gasteiger partial charge in [-0.2, -0.15) is 0 Å². The number of likely N-dealkylation sites (tertiary alicyclic amines) is 1. The summed E-state index contributed by atoms with van der Waals surface area (Å²) >= 11 is 0. The van der Waals surface area contributed by atoms with E-state index in [0.717, 1.165) is 44.5 Å². The van der Waals surface area contributed by atoms with Crippen molar-refractivity contribution in [1.29, 1.82) is 0 Å². The zero-order valence-electron chi connectivity index (χ0n) is 18.4. The number of likely N-dealkylation sites (N-methyl/N-ethyl adjacent to an activating group) is 1. The lowest BCUT2D eigenvalue weighted by Crippen LogP contribution is -2.40. The molecule has 6 heteroatoms. The van der Waals surface area contributed by atoms with Gasteiger partial charge in [0.05, 0.1) is 0 Å². The van der Waals surface area contributed by atoms with Crippen LogP contribution in [0, 0.1) is 5.92 Å². The zero-order valence-corrected chi connectivity index (χ0v) is 20.7. The van der Waals surface area contributed by atoms with Gasteiger partial charge in [0.1, 0.15) is 0 Å². The summed E-state index contributed by atoms with van der Waals surface area (Å²) in [4.78, 5) is 12.5. The minimum absolute atomic E-state index is 0. The van der Waals surface area contributed by atoms with E-state index >= 15 is 0 Å². The van der Waals surface area contributed by atoms with Crippen LogP contribution in [0.4, 0.5) is 0 Å². The highest BCUT2D eigenvalue weighted by Gasteiger charge is 2.24. The Morgan fingerprint density at radius 3 is 2.72 bits per heavy atom. The van der Waals surface area contributed by atoms with Gasteiger partial charge in [-0.15, -0.1) is 24.0 Å². The fourth-order valence-electron chi connectivity index (χ4n) is 4.37. The second-order valence-electron chi connectivity index (χ2n) is 8.38. The van der Waals surface area contributed by atoms with E-state index in [4.69, 9.17) is 4.99 Å². The molecule has 0 saturated carbocycles. The largest absolute Gasteiger partial charge is 0.357 e. The first-order valence-electron chi connectivity index (χ1n) is 11.2. The number of halogens is 1. The summed E-state index contributed by atoms with van der Waals surface area (Å²) in [5, 5.41) is 3.52. The molecule has 1 aromatic rings. The number of aliphatic imine (C=N–C) groups is 1. The molecule has 1 aromatic carbocycles.